The topological polar surface area (TPSA) is 77.8 Å². The summed E-state index contributed by atoms with van der Waals surface area (Å²) >= 11 is 0. The average molecular weight is 473 g/mol. The molecule has 9 atom stereocenters. The molecule has 5 rings (SSSR count). The van der Waals surface area contributed by atoms with Crippen LogP contribution in [-0.4, -0.2) is 33.5 Å². The predicted octanol–water partition coefficient (Wildman–Crippen LogP) is 6.20. The molecule has 3 unspecified atom stereocenters. The van der Waals surface area contributed by atoms with Crippen molar-refractivity contribution in [1.29, 1.82) is 0 Å². The zero-order chi connectivity index (χ0) is 25.1. The summed E-state index contributed by atoms with van der Waals surface area (Å²) in [5.74, 6) is 0.365. The van der Waals surface area contributed by atoms with E-state index in [1.807, 2.05) is 0 Å². The van der Waals surface area contributed by atoms with Gasteiger partial charge in [0, 0.05) is 0 Å². The molecule has 4 heteroatoms. The van der Waals surface area contributed by atoms with Crippen molar-refractivity contribution in [2.24, 2.45) is 50.2 Å². The van der Waals surface area contributed by atoms with Crippen LogP contribution in [0.2, 0.25) is 0 Å². The first-order valence-corrected chi connectivity index (χ1v) is 13.9. The van der Waals surface area contributed by atoms with Crippen LogP contribution in [0.25, 0.3) is 0 Å². The lowest BCUT2D eigenvalue weighted by Gasteiger charge is -2.71. The van der Waals surface area contributed by atoms with Crippen molar-refractivity contribution in [3.63, 3.8) is 0 Å². The lowest BCUT2D eigenvalue weighted by Crippen LogP contribution is -2.67. The van der Waals surface area contributed by atoms with E-state index in [4.69, 9.17) is 0 Å². The molecule has 0 aromatic heterocycles. The van der Waals surface area contributed by atoms with Gasteiger partial charge in [-0.3, -0.25) is 4.79 Å². The average Bonchev–Trinajstić information content (AvgIpc) is 2.72. The van der Waals surface area contributed by atoms with Gasteiger partial charge in [-0.2, -0.15) is 0 Å². The Hall–Kier alpha value is -0.870. The summed E-state index contributed by atoms with van der Waals surface area (Å²) in [5, 5.41) is 32.4. The van der Waals surface area contributed by atoms with Crippen molar-refractivity contribution in [1.82, 2.24) is 0 Å². The molecule has 3 N–H and O–H groups in total. The molecule has 0 radical (unpaired) electrons. The Morgan fingerprint density at radius 3 is 2.18 bits per heavy atom. The van der Waals surface area contributed by atoms with Crippen LogP contribution in [0.4, 0.5) is 0 Å². The number of aliphatic hydroxyl groups excluding tert-OH is 2. The van der Waals surface area contributed by atoms with Crippen LogP contribution in [0.5, 0.6) is 0 Å². The fourth-order valence-corrected chi connectivity index (χ4v) is 10.8. The van der Waals surface area contributed by atoms with Crippen molar-refractivity contribution in [2.75, 3.05) is 0 Å². The number of carboxylic acids is 1. The quantitative estimate of drug-likeness (QED) is 0.397. The van der Waals surface area contributed by atoms with Gasteiger partial charge in [-0.1, -0.05) is 60.1 Å². The summed E-state index contributed by atoms with van der Waals surface area (Å²) < 4.78 is 0. The van der Waals surface area contributed by atoms with Crippen LogP contribution in [0.1, 0.15) is 106 Å². The van der Waals surface area contributed by atoms with Gasteiger partial charge in [0.2, 0.25) is 0 Å². The molecule has 0 bridgehead atoms. The third kappa shape index (κ3) is 2.88. The van der Waals surface area contributed by atoms with Crippen molar-refractivity contribution in [2.45, 2.75) is 118 Å². The summed E-state index contributed by atoms with van der Waals surface area (Å²) in [6, 6.07) is 0. The van der Waals surface area contributed by atoms with Gasteiger partial charge in [0.15, 0.2) is 0 Å². The number of carboxylic acid groups (broad SMARTS) is 1. The van der Waals surface area contributed by atoms with Crippen LogP contribution in [0, 0.1) is 50.2 Å². The predicted molar refractivity (Wildman–Crippen MR) is 134 cm³/mol. The van der Waals surface area contributed by atoms with Gasteiger partial charge in [0.1, 0.15) is 0 Å². The number of fused-ring (bicyclic) bond motifs is 7. The number of hydrogen-bond donors (Lipinski definition) is 3. The second-order valence-corrected chi connectivity index (χ2v) is 15.2. The van der Waals surface area contributed by atoms with Gasteiger partial charge in [0.25, 0.3) is 0 Å². The van der Waals surface area contributed by atoms with E-state index in [2.05, 4.69) is 54.5 Å². The largest absolute Gasteiger partial charge is 0.481 e. The fourth-order valence-electron chi connectivity index (χ4n) is 10.8. The van der Waals surface area contributed by atoms with E-state index in [0.717, 1.165) is 51.4 Å². The number of allylic oxidation sites excluding steroid dienone is 2. The maximum atomic E-state index is 12.8. The van der Waals surface area contributed by atoms with E-state index < -0.39 is 23.6 Å². The molecule has 34 heavy (non-hydrogen) atoms. The molecule has 4 saturated carbocycles. The number of rotatable bonds is 1. The Labute approximate surface area is 206 Å². The smallest absolute Gasteiger partial charge is 0.310 e. The zero-order valence-electron chi connectivity index (χ0n) is 22.6. The molecule has 0 heterocycles. The number of hydrogen-bond acceptors (Lipinski definition) is 3. The van der Waals surface area contributed by atoms with Gasteiger partial charge in [-0.15, -0.1) is 0 Å². The first kappa shape index (κ1) is 24.8. The first-order chi connectivity index (χ1) is 15.6. The molecule has 0 spiro atoms. The van der Waals surface area contributed by atoms with E-state index in [1.165, 1.54) is 5.57 Å². The number of aliphatic carboxylic acids is 1. The Morgan fingerprint density at radius 2 is 1.53 bits per heavy atom. The molecule has 0 saturated heterocycles. The standard InChI is InChI=1S/C30H48O4/c1-25(2)12-14-30(24(33)34)15-13-28(6)18(19(30)16-25)8-9-22-27(5)17-20(31)23(32)26(3,4)21(27)10-11-29(22,28)7/h8,19-23,31-32H,9-17H2,1-7H3,(H,33,34)/t19?,20-,21?,22?,23-,27+,28-,29-,30+/m1/s1. The van der Waals surface area contributed by atoms with Gasteiger partial charge in [0.05, 0.1) is 17.6 Å². The van der Waals surface area contributed by atoms with Crippen LogP contribution in [0.3, 0.4) is 0 Å². The highest BCUT2D eigenvalue weighted by atomic mass is 16.4. The SMILES string of the molecule is CC1(C)CC[C@]2(C(=O)O)CC[C@]3(C)C(=CCC4[C@@]5(C)C[C@@H](O)[C@@H](O)C(C)(C)C5CC[C@]43C)C2C1. The normalized spacial score (nSPS) is 53.4. The lowest BCUT2D eigenvalue weighted by molar-refractivity contribution is -0.231. The summed E-state index contributed by atoms with van der Waals surface area (Å²) in [4.78, 5) is 12.8. The summed E-state index contributed by atoms with van der Waals surface area (Å²) in [6.07, 6.45) is 9.45. The molecule has 0 aliphatic heterocycles. The number of carbonyl (C=O) groups is 1. The minimum absolute atomic E-state index is 0.00785. The minimum Gasteiger partial charge on any atom is -0.481 e. The second-order valence-electron chi connectivity index (χ2n) is 15.2. The van der Waals surface area contributed by atoms with E-state index >= 15 is 0 Å². The van der Waals surface area contributed by atoms with Crippen LogP contribution in [-0.2, 0) is 4.79 Å². The van der Waals surface area contributed by atoms with Crippen molar-refractivity contribution < 1.29 is 20.1 Å². The van der Waals surface area contributed by atoms with E-state index in [1.54, 1.807) is 0 Å². The molecule has 5 aliphatic rings. The van der Waals surface area contributed by atoms with Crippen molar-refractivity contribution in [3.8, 4) is 0 Å². The Morgan fingerprint density at radius 1 is 0.882 bits per heavy atom. The Bertz CT molecular complexity index is 919. The molecule has 0 aromatic rings. The van der Waals surface area contributed by atoms with Crippen molar-refractivity contribution in [3.05, 3.63) is 11.6 Å². The van der Waals surface area contributed by atoms with Crippen LogP contribution < -0.4 is 0 Å². The lowest BCUT2D eigenvalue weighted by atomic mass is 9.33. The maximum Gasteiger partial charge on any atom is 0.310 e. The molecule has 4 nitrogen and oxygen atoms in total. The summed E-state index contributed by atoms with van der Waals surface area (Å²) in [6.45, 7) is 16.3. The summed E-state index contributed by atoms with van der Waals surface area (Å²) in [5.41, 5.74) is 0.754. The highest BCUT2D eigenvalue weighted by Gasteiger charge is 2.70. The number of aliphatic hydroxyl groups is 2. The fraction of sp³-hybridized carbons (Fsp3) is 0.900. The Kier molecular flexibility index (Phi) is 5.20. The van der Waals surface area contributed by atoms with Crippen LogP contribution >= 0.6 is 0 Å². The maximum absolute atomic E-state index is 12.8. The van der Waals surface area contributed by atoms with E-state index in [0.29, 0.717) is 18.3 Å². The van der Waals surface area contributed by atoms with Gasteiger partial charge in [-0.25, -0.2) is 0 Å². The molecule has 5 aliphatic carbocycles. The van der Waals surface area contributed by atoms with Crippen molar-refractivity contribution >= 4 is 5.97 Å². The zero-order valence-corrected chi connectivity index (χ0v) is 22.6. The van der Waals surface area contributed by atoms with Gasteiger partial charge >= 0.3 is 5.97 Å². The Balaban J connectivity index is 1.61. The van der Waals surface area contributed by atoms with Gasteiger partial charge < -0.3 is 15.3 Å². The molecule has 0 aromatic carbocycles. The molecule has 4 fully saturated rings. The van der Waals surface area contributed by atoms with E-state index in [9.17, 15) is 20.1 Å². The third-order valence-electron chi connectivity index (χ3n) is 13.0. The molecule has 192 valence electrons. The monoisotopic (exact) mass is 472 g/mol. The van der Waals surface area contributed by atoms with Crippen LogP contribution in [0.15, 0.2) is 11.6 Å². The third-order valence-corrected chi connectivity index (χ3v) is 13.0. The highest BCUT2D eigenvalue weighted by molar-refractivity contribution is 5.76. The second kappa shape index (κ2) is 7.12. The highest BCUT2D eigenvalue weighted by Crippen LogP contribution is 2.75. The minimum atomic E-state index is -0.679. The molecular weight excluding hydrogens is 424 g/mol. The first-order valence-electron chi connectivity index (χ1n) is 13.9. The van der Waals surface area contributed by atoms with Gasteiger partial charge in [-0.05, 0) is 103 Å². The molecular formula is C30H48O4. The summed E-state index contributed by atoms with van der Waals surface area (Å²) in [7, 11) is 0. The van der Waals surface area contributed by atoms with E-state index in [-0.39, 0.29) is 33.0 Å². The molecule has 0 amide bonds.